The molecule has 2 aromatic carbocycles. The van der Waals surface area contributed by atoms with Gasteiger partial charge in [0.1, 0.15) is 0 Å². The molecule has 1 aliphatic rings. The number of amidine groups is 1. The summed E-state index contributed by atoms with van der Waals surface area (Å²) in [4.78, 5) is 43.7. The van der Waals surface area contributed by atoms with Gasteiger partial charge in [0.05, 0.1) is 40.4 Å². The Bertz CT molecular complexity index is 1260. The van der Waals surface area contributed by atoms with Crippen molar-refractivity contribution in [2.75, 3.05) is 33.0 Å². The normalized spacial score (nSPS) is 15.2. The lowest BCUT2D eigenvalue weighted by Gasteiger charge is -2.14. The van der Waals surface area contributed by atoms with Crippen LogP contribution in [0.2, 0.25) is 0 Å². The van der Waals surface area contributed by atoms with E-state index < -0.39 is 11.9 Å². The molecule has 1 heterocycles. The lowest BCUT2D eigenvalue weighted by atomic mass is 10.2. The van der Waals surface area contributed by atoms with Crippen molar-refractivity contribution in [2.45, 2.75) is 27.7 Å². The maximum atomic E-state index is 13.2. The van der Waals surface area contributed by atoms with Gasteiger partial charge in [-0.15, -0.1) is 0 Å². The van der Waals surface area contributed by atoms with Gasteiger partial charge in [-0.1, -0.05) is 6.07 Å². The molecule has 1 saturated heterocycles. The van der Waals surface area contributed by atoms with Crippen molar-refractivity contribution in [3.63, 3.8) is 0 Å². The highest BCUT2D eigenvalue weighted by Crippen LogP contribution is 2.39. The summed E-state index contributed by atoms with van der Waals surface area (Å²) in [7, 11) is 0. The molecule has 0 atom stereocenters. The summed E-state index contributed by atoms with van der Waals surface area (Å²) >= 11 is 4.72. The summed E-state index contributed by atoms with van der Waals surface area (Å²) in [5.41, 5.74) is 1.62. The highest BCUT2D eigenvalue weighted by Gasteiger charge is 2.32. The number of esters is 2. The van der Waals surface area contributed by atoms with E-state index in [1.165, 1.54) is 11.8 Å². The molecule has 9 nitrogen and oxygen atoms in total. The first-order chi connectivity index (χ1) is 18.3. The molecule has 2 aromatic rings. The van der Waals surface area contributed by atoms with Crippen LogP contribution in [0.3, 0.4) is 0 Å². The van der Waals surface area contributed by atoms with Crippen molar-refractivity contribution in [1.82, 2.24) is 4.90 Å². The molecule has 0 spiro atoms. The highest BCUT2D eigenvalue weighted by atomic mass is 79.9. The average Bonchev–Trinajstić information content (AvgIpc) is 3.17. The summed E-state index contributed by atoms with van der Waals surface area (Å²) in [5, 5.41) is 0.503. The smallest absolute Gasteiger partial charge is 0.344 e. The Morgan fingerprint density at radius 3 is 2.47 bits per heavy atom. The van der Waals surface area contributed by atoms with E-state index in [0.29, 0.717) is 56.0 Å². The van der Waals surface area contributed by atoms with Gasteiger partial charge < -0.3 is 18.9 Å². The first-order valence-electron chi connectivity index (χ1n) is 12.1. The number of benzene rings is 2. The number of carbonyl (C=O) groups excluding carboxylic acids is 3. The lowest BCUT2D eigenvalue weighted by Crippen LogP contribution is -2.28. The van der Waals surface area contributed by atoms with Crippen molar-refractivity contribution in [3.05, 3.63) is 56.9 Å². The Labute approximate surface area is 234 Å². The number of halogens is 1. The van der Waals surface area contributed by atoms with E-state index in [2.05, 4.69) is 20.9 Å². The van der Waals surface area contributed by atoms with Gasteiger partial charge in [-0.25, -0.2) is 14.6 Å². The van der Waals surface area contributed by atoms with Crippen LogP contribution in [0.1, 0.15) is 43.6 Å². The number of hydrogen-bond acceptors (Lipinski definition) is 9. The van der Waals surface area contributed by atoms with Gasteiger partial charge in [-0.3, -0.25) is 9.69 Å². The third kappa shape index (κ3) is 7.38. The number of nitrogens with zero attached hydrogens (tertiary/aromatic N) is 2. The highest BCUT2D eigenvalue weighted by molar-refractivity contribution is 9.10. The predicted molar refractivity (Wildman–Crippen MR) is 150 cm³/mol. The van der Waals surface area contributed by atoms with Crippen LogP contribution in [-0.4, -0.2) is 60.9 Å². The van der Waals surface area contributed by atoms with Crippen LogP contribution >= 0.6 is 27.7 Å². The van der Waals surface area contributed by atoms with Crippen LogP contribution in [0.25, 0.3) is 6.08 Å². The number of amides is 1. The minimum Gasteiger partial charge on any atom is -0.490 e. The third-order valence-electron chi connectivity index (χ3n) is 5.06. The quantitative estimate of drug-likeness (QED) is 0.241. The molecule has 202 valence electrons. The maximum Gasteiger partial charge on any atom is 0.344 e. The lowest BCUT2D eigenvalue weighted by molar-refractivity contribution is -0.145. The van der Waals surface area contributed by atoms with Crippen molar-refractivity contribution < 1.29 is 33.3 Å². The van der Waals surface area contributed by atoms with Crippen LogP contribution < -0.4 is 9.47 Å². The van der Waals surface area contributed by atoms with Crippen molar-refractivity contribution in [2.24, 2.45) is 4.99 Å². The largest absolute Gasteiger partial charge is 0.490 e. The molecule has 1 fully saturated rings. The molecule has 3 rings (SSSR count). The molecular weight excluding hydrogens is 576 g/mol. The zero-order chi connectivity index (χ0) is 27.7. The molecule has 1 aliphatic heterocycles. The number of carbonyl (C=O) groups is 3. The number of likely N-dealkylation sites (N-methyl/N-ethyl adjacent to an activating group) is 1. The fourth-order valence-corrected chi connectivity index (χ4v) is 5.09. The molecule has 0 bridgehead atoms. The molecule has 0 N–H and O–H groups in total. The van der Waals surface area contributed by atoms with E-state index in [9.17, 15) is 14.4 Å². The predicted octanol–water partition coefficient (Wildman–Crippen LogP) is 5.59. The van der Waals surface area contributed by atoms with E-state index >= 15 is 0 Å². The summed E-state index contributed by atoms with van der Waals surface area (Å²) in [5.74, 6) is -0.311. The fourth-order valence-electron chi connectivity index (χ4n) is 3.46. The molecule has 1 amide bonds. The van der Waals surface area contributed by atoms with Crippen molar-refractivity contribution >= 4 is 62.5 Å². The Balaban J connectivity index is 1.90. The van der Waals surface area contributed by atoms with Crippen LogP contribution in [0, 0.1) is 0 Å². The van der Waals surface area contributed by atoms with Crippen LogP contribution in [0.4, 0.5) is 5.69 Å². The number of hydrogen-bond donors (Lipinski definition) is 0. The van der Waals surface area contributed by atoms with Gasteiger partial charge in [-0.05, 0) is 97.4 Å². The summed E-state index contributed by atoms with van der Waals surface area (Å²) in [6, 6.07) is 10.3. The Hall–Kier alpha value is -3.31. The molecular formula is C27H29BrN2O7S. The molecule has 0 unspecified atom stereocenters. The zero-order valence-electron chi connectivity index (χ0n) is 21.6. The first-order valence-corrected chi connectivity index (χ1v) is 13.7. The summed E-state index contributed by atoms with van der Waals surface area (Å²) < 4.78 is 21.9. The minimum atomic E-state index is -0.486. The van der Waals surface area contributed by atoms with Gasteiger partial charge in [-0.2, -0.15) is 0 Å². The number of ether oxygens (including phenoxy) is 4. The van der Waals surface area contributed by atoms with Gasteiger partial charge in [0.2, 0.25) is 0 Å². The number of thioether (sulfide) groups is 1. The Morgan fingerprint density at radius 2 is 1.79 bits per heavy atom. The van der Waals surface area contributed by atoms with Crippen LogP contribution in [-0.2, 0) is 19.1 Å². The van der Waals surface area contributed by atoms with Crippen LogP contribution in [0.5, 0.6) is 11.5 Å². The Kier molecular flexibility index (Phi) is 10.8. The third-order valence-corrected chi connectivity index (χ3v) is 6.65. The fraction of sp³-hybridized carbons (Fsp3) is 0.333. The van der Waals surface area contributed by atoms with E-state index in [-0.39, 0.29) is 25.7 Å². The second kappa shape index (κ2) is 14.0. The van der Waals surface area contributed by atoms with E-state index in [1.807, 2.05) is 13.8 Å². The van der Waals surface area contributed by atoms with Gasteiger partial charge in [0.15, 0.2) is 23.3 Å². The van der Waals surface area contributed by atoms with Gasteiger partial charge in [0, 0.05) is 6.54 Å². The molecule has 0 aliphatic carbocycles. The molecule has 0 saturated carbocycles. The summed E-state index contributed by atoms with van der Waals surface area (Å²) in [6.07, 6.45) is 1.75. The average molecular weight is 606 g/mol. The van der Waals surface area contributed by atoms with Crippen LogP contribution in [0.15, 0.2) is 50.8 Å². The first kappa shape index (κ1) is 29.2. The molecule has 0 aromatic heterocycles. The van der Waals surface area contributed by atoms with Gasteiger partial charge >= 0.3 is 11.9 Å². The zero-order valence-corrected chi connectivity index (χ0v) is 24.0. The van der Waals surface area contributed by atoms with E-state index in [0.717, 1.165) is 0 Å². The molecule has 0 radical (unpaired) electrons. The van der Waals surface area contributed by atoms with E-state index in [1.54, 1.807) is 61.2 Å². The maximum absolute atomic E-state index is 13.2. The summed E-state index contributed by atoms with van der Waals surface area (Å²) in [6.45, 7) is 8.25. The van der Waals surface area contributed by atoms with Crippen molar-refractivity contribution in [3.8, 4) is 11.5 Å². The van der Waals surface area contributed by atoms with E-state index in [4.69, 9.17) is 18.9 Å². The standard InChI is InChI=1S/C27H29BrN2O7S/c1-5-30-25(32)22(38-27(30)29-19-11-9-10-18(15-19)26(33)36-8-4)14-17-12-20(28)24(21(13-17)34-6-2)37-16-23(31)35-7-3/h9-15H,5-8,16H2,1-4H3. The molecule has 11 heteroatoms. The Morgan fingerprint density at radius 1 is 1.03 bits per heavy atom. The second-order valence-electron chi connectivity index (χ2n) is 7.68. The minimum absolute atomic E-state index is 0.186. The molecule has 38 heavy (non-hydrogen) atoms. The number of aliphatic imine (C=N–C) groups is 1. The second-order valence-corrected chi connectivity index (χ2v) is 9.55. The number of rotatable bonds is 11. The topological polar surface area (TPSA) is 104 Å². The van der Waals surface area contributed by atoms with Crippen molar-refractivity contribution in [1.29, 1.82) is 0 Å². The SMILES string of the molecule is CCOC(=O)COc1c(Br)cc(C=C2SC(=Nc3cccc(C(=O)OCC)c3)N(CC)C2=O)cc1OCC. The monoisotopic (exact) mass is 604 g/mol. The van der Waals surface area contributed by atoms with Gasteiger partial charge in [0.25, 0.3) is 5.91 Å².